The van der Waals surface area contributed by atoms with Gasteiger partial charge in [0.1, 0.15) is 6.61 Å². The van der Waals surface area contributed by atoms with E-state index < -0.39 is 0 Å². The fraction of sp³-hybridized carbons (Fsp3) is 0.529. The van der Waals surface area contributed by atoms with Gasteiger partial charge in [0.25, 0.3) is 5.91 Å². The van der Waals surface area contributed by atoms with E-state index in [1.807, 2.05) is 42.2 Å². The van der Waals surface area contributed by atoms with Crippen molar-refractivity contribution in [3.8, 4) is 0 Å². The third-order valence-electron chi connectivity index (χ3n) is 3.98. The molecule has 2 rings (SSSR count). The molecule has 1 aromatic carbocycles. The van der Waals surface area contributed by atoms with Gasteiger partial charge in [0.05, 0.1) is 0 Å². The van der Waals surface area contributed by atoms with E-state index in [2.05, 4.69) is 5.32 Å². The van der Waals surface area contributed by atoms with Crippen LogP contribution < -0.4 is 5.32 Å². The molecule has 1 aliphatic rings. The van der Waals surface area contributed by atoms with Crippen molar-refractivity contribution in [3.63, 3.8) is 0 Å². The fourth-order valence-electron chi connectivity index (χ4n) is 2.60. The Morgan fingerprint density at radius 3 is 2.55 bits per heavy atom. The summed E-state index contributed by atoms with van der Waals surface area (Å²) < 4.78 is 5.16. The van der Waals surface area contributed by atoms with Crippen LogP contribution in [-0.4, -0.2) is 49.6 Å². The fourth-order valence-corrected chi connectivity index (χ4v) is 2.60. The van der Waals surface area contributed by atoms with Gasteiger partial charge in [0.2, 0.25) is 5.91 Å². The summed E-state index contributed by atoms with van der Waals surface area (Å²) in [6, 6.07) is 9.23. The summed E-state index contributed by atoms with van der Waals surface area (Å²) in [6.45, 7) is 4.78. The highest BCUT2D eigenvalue weighted by Crippen LogP contribution is 2.16. The van der Waals surface area contributed by atoms with E-state index in [9.17, 15) is 9.59 Å². The van der Waals surface area contributed by atoms with Crippen molar-refractivity contribution in [2.24, 2.45) is 5.92 Å². The number of piperidine rings is 1. The molecule has 0 radical (unpaired) electrons. The largest absolute Gasteiger partial charge is 0.372 e. The van der Waals surface area contributed by atoms with Gasteiger partial charge in [-0.15, -0.1) is 0 Å². The molecule has 0 aromatic heterocycles. The van der Waals surface area contributed by atoms with Crippen molar-refractivity contribution in [2.75, 3.05) is 32.8 Å². The summed E-state index contributed by atoms with van der Waals surface area (Å²) >= 11 is 0. The van der Waals surface area contributed by atoms with E-state index in [1.165, 1.54) is 0 Å². The number of amides is 2. The second kappa shape index (κ2) is 8.54. The van der Waals surface area contributed by atoms with Gasteiger partial charge in [-0.25, -0.2) is 0 Å². The van der Waals surface area contributed by atoms with Gasteiger partial charge in [0, 0.05) is 31.8 Å². The van der Waals surface area contributed by atoms with Crippen LogP contribution in [0.5, 0.6) is 0 Å². The number of ether oxygens (including phenoxy) is 1. The maximum absolute atomic E-state index is 12.0. The van der Waals surface area contributed by atoms with Gasteiger partial charge in [-0.05, 0) is 37.8 Å². The third-order valence-corrected chi connectivity index (χ3v) is 3.98. The molecule has 0 bridgehead atoms. The molecule has 0 atom stereocenters. The summed E-state index contributed by atoms with van der Waals surface area (Å²) in [7, 11) is 0. The first-order valence-corrected chi connectivity index (χ1v) is 7.89. The lowest BCUT2D eigenvalue weighted by Crippen LogP contribution is -2.42. The van der Waals surface area contributed by atoms with Crippen molar-refractivity contribution in [2.45, 2.75) is 19.8 Å². The lowest BCUT2D eigenvalue weighted by atomic mass is 9.96. The van der Waals surface area contributed by atoms with Gasteiger partial charge in [-0.2, -0.15) is 0 Å². The van der Waals surface area contributed by atoms with Crippen LogP contribution in [0.1, 0.15) is 30.1 Å². The molecular formula is C17H24N2O3. The van der Waals surface area contributed by atoms with Crippen LogP contribution in [0.15, 0.2) is 30.3 Å². The first-order chi connectivity index (χ1) is 10.7. The van der Waals surface area contributed by atoms with Gasteiger partial charge >= 0.3 is 0 Å². The first-order valence-electron chi connectivity index (χ1n) is 7.89. The predicted octanol–water partition coefficient (Wildman–Crippen LogP) is 1.69. The van der Waals surface area contributed by atoms with Gasteiger partial charge in [-0.3, -0.25) is 9.59 Å². The number of carbonyl (C=O) groups is 2. The molecule has 1 heterocycles. The standard InChI is InChI=1S/C17H24N2O3/c1-2-22-13-16(20)19-10-8-14(9-11-19)12-18-17(21)15-6-4-3-5-7-15/h3-7,14H,2,8-13H2,1H3,(H,18,21). The number of nitrogens with one attached hydrogen (secondary N) is 1. The molecule has 0 spiro atoms. The van der Waals surface area contributed by atoms with Crippen LogP contribution in [0.4, 0.5) is 0 Å². The van der Waals surface area contributed by atoms with Crippen LogP contribution >= 0.6 is 0 Å². The second-order valence-corrected chi connectivity index (χ2v) is 5.54. The van der Waals surface area contributed by atoms with Crippen molar-refractivity contribution < 1.29 is 14.3 Å². The highest BCUT2D eigenvalue weighted by Gasteiger charge is 2.23. The third kappa shape index (κ3) is 4.84. The summed E-state index contributed by atoms with van der Waals surface area (Å²) in [5, 5.41) is 2.98. The number of hydrogen-bond donors (Lipinski definition) is 1. The Balaban J connectivity index is 1.69. The van der Waals surface area contributed by atoms with Crippen LogP contribution in [0.25, 0.3) is 0 Å². The smallest absolute Gasteiger partial charge is 0.251 e. The Kier molecular flexibility index (Phi) is 6.40. The maximum Gasteiger partial charge on any atom is 0.251 e. The Bertz CT molecular complexity index is 482. The number of rotatable bonds is 6. The molecule has 0 unspecified atom stereocenters. The zero-order valence-corrected chi connectivity index (χ0v) is 13.1. The molecule has 5 nitrogen and oxygen atoms in total. The van der Waals surface area contributed by atoms with Crippen molar-refractivity contribution in [3.05, 3.63) is 35.9 Å². The summed E-state index contributed by atoms with van der Waals surface area (Å²) in [6.07, 6.45) is 1.85. The van der Waals surface area contributed by atoms with Gasteiger partial charge < -0.3 is 15.0 Å². The number of nitrogens with zero attached hydrogens (tertiary/aromatic N) is 1. The minimum atomic E-state index is -0.0320. The highest BCUT2D eigenvalue weighted by atomic mass is 16.5. The quantitative estimate of drug-likeness (QED) is 0.870. The lowest BCUT2D eigenvalue weighted by molar-refractivity contribution is -0.137. The molecular weight excluding hydrogens is 280 g/mol. The van der Waals surface area contributed by atoms with Gasteiger partial charge in [0.15, 0.2) is 0 Å². The average molecular weight is 304 g/mol. The minimum absolute atomic E-state index is 0.0320. The lowest BCUT2D eigenvalue weighted by Gasteiger charge is -2.32. The highest BCUT2D eigenvalue weighted by molar-refractivity contribution is 5.94. The van der Waals surface area contributed by atoms with Gasteiger partial charge in [-0.1, -0.05) is 18.2 Å². The Labute approximate surface area is 131 Å². The van der Waals surface area contributed by atoms with E-state index in [0.29, 0.717) is 24.6 Å². The van der Waals surface area contributed by atoms with E-state index in [0.717, 1.165) is 25.9 Å². The Hall–Kier alpha value is -1.88. The predicted molar refractivity (Wildman–Crippen MR) is 84.6 cm³/mol. The van der Waals surface area contributed by atoms with E-state index >= 15 is 0 Å². The average Bonchev–Trinajstić information content (AvgIpc) is 2.58. The molecule has 22 heavy (non-hydrogen) atoms. The van der Waals surface area contributed by atoms with E-state index in [1.54, 1.807) is 0 Å². The molecule has 1 saturated heterocycles. The molecule has 1 aromatic rings. The van der Waals surface area contributed by atoms with Crippen molar-refractivity contribution in [1.29, 1.82) is 0 Å². The zero-order valence-electron chi connectivity index (χ0n) is 13.1. The number of carbonyl (C=O) groups excluding carboxylic acids is 2. The van der Waals surface area contributed by atoms with Crippen LogP contribution in [0, 0.1) is 5.92 Å². The normalized spacial score (nSPS) is 15.6. The Morgan fingerprint density at radius 2 is 1.91 bits per heavy atom. The zero-order chi connectivity index (χ0) is 15.8. The summed E-state index contributed by atoms with van der Waals surface area (Å²) in [5.74, 6) is 0.466. The number of benzene rings is 1. The summed E-state index contributed by atoms with van der Waals surface area (Å²) in [5.41, 5.74) is 0.687. The molecule has 1 N–H and O–H groups in total. The molecule has 1 aliphatic heterocycles. The molecule has 0 aliphatic carbocycles. The second-order valence-electron chi connectivity index (χ2n) is 5.54. The van der Waals surface area contributed by atoms with Crippen LogP contribution in [0.2, 0.25) is 0 Å². The van der Waals surface area contributed by atoms with E-state index in [4.69, 9.17) is 4.74 Å². The summed E-state index contributed by atoms with van der Waals surface area (Å²) in [4.78, 5) is 25.7. The molecule has 1 fully saturated rings. The number of likely N-dealkylation sites (tertiary alicyclic amines) is 1. The first kappa shape index (κ1) is 16.5. The van der Waals surface area contributed by atoms with Crippen molar-refractivity contribution in [1.82, 2.24) is 10.2 Å². The molecule has 5 heteroatoms. The van der Waals surface area contributed by atoms with Crippen molar-refractivity contribution >= 4 is 11.8 Å². The van der Waals surface area contributed by atoms with E-state index in [-0.39, 0.29) is 18.4 Å². The SMILES string of the molecule is CCOCC(=O)N1CCC(CNC(=O)c2ccccc2)CC1. The van der Waals surface area contributed by atoms with Crippen LogP contribution in [0.3, 0.4) is 0 Å². The Morgan fingerprint density at radius 1 is 1.23 bits per heavy atom. The molecule has 2 amide bonds. The minimum Gasteiger partial charge on any atom is -0.372 e. The molecule has 0 saturated carbocycles. The molecule has 120 valence electrons. The van der Waals surface area contributed by atoms with Crippen LogP contribution in [-0.2, 0) is 9.53 Å². The maximum atomic E-state index is 12.0. The monoisotopic (exact) mass is 304 g/mol. The topological polar surface area (TPSA) is 58.6 Å². The number of hydrogen-bond acceptors (Lipinski definition) is 3.